The molecule has 0 saturated heterocycles. The summed E-state index contributed by atoms with van der Waals surface area (Å²) in [6, 6.07) is 39.1. The van der Waals surface area contributed by atoms with Gasteiger partial charge in [-0.05, 0) is 97.8 Å². The van der Waals surface area contributed by atoms with Crippen LogP contribution in [0.2, 0.25) is 0 Å². The summed E-state index contributed by atoms with van der Waals surface area (Å²) < 4.78 is 4.67. The Balaban J connectivity index is 0.000000531. The molecule has 0 spiro atoms. The summed E-state index contributed by atoms with van der Waals surface area (Å²) in [5.74, 6) is 0.726. The molecule has 2 aliphatic rings. The summed E-state index contributed by atoms with van der Waals surface area (Å²) in [6.07, 6.45) is 19.0. The standard InChI is InChI=1S/C42H30N4.C5H8.C2H6/c1-2-13-29(14-3-1)45-36-20-10-7-16-31(36)34-26-28(23-24-38(34)45)41-32-17-6-9-19-35(32)43-42(44-41)46-37-21-11-8-18-33(37)40-30-15-5-4-12-27(30)22-25-39(40)46;1-3-5-4-2;1-2/h1-4,6-7,9-14,16-17,19-26H,5,8,15,18H2;3-5H,1H2,2H3;1-2H3/b;5-4-;. The number of para-hydroxylation sites is 3. The summed E-state index contributed by atoms with van der Waals surface area (Å²) in [6.45, 7) is 9.42. The average Bonchev–Trinajstić information content (AvgIpc) is 3.75. The van der Waals surface area contributed by atoms with Gasteiger partial charge in [0.2, 0.25) is 5.95 Å². The zero-order valence-corrected chi connectivity index (χ0v) is 30.8. The van der Waals surface area contributed by atoms with Gasteiger partial charge in [-0.2, -0.15) is 0 Å². The van der Waals surface area contributed by atoms with Crippen molar-refractivity contribution >= 4 is 55.8 Å². The molecule has 0 saturated carbocycles. The maximum atomic E-state index is 5.43. The molecule has 5 aromatic carbocycles. The molecule has 53 heavy (non-hydrogen) atoms. The molecule has 0 bridgehead atoms. The summed E-state index contributed by atoms with van der Waals surface area (Å²) in [5.41, 5.74) is 13.2. The van der Waals surface area contributed by atoms with Crippen LogP contribution in [-0.4, -0.2) is 19.1 Å². The van der Waals surface area contributed by atoms with E-state index in [1.807, 2.05) is 32.9 Å². The van der Waals surface area contributed by atoms with Crippen LogP contribution < -0.4 is 0 Å². The Labute approximate surface area is 311 Å². The minimum absolute atomic E-state index is 0.726. The van der Waals surface area contributed by atoms with Crippen LogP contribution >= 0.6 is 0 Å². The van der Waals surface area contributed by atoms with Gasteiger partial charge in [0.15, 0.2) is 0 Å². The van der Waals surface area contributed by atoms with Crippen molar-refractivity contribution in [2.24, 2.45) is 0 Å². The first-order valence-electron chi connectivity index (χ1n) is 18.9. The molecule has 2 aliphatic carbocycles. The normalized spacial score (nSPS) is 13.1. The smallest absolute Gasteiger partial charge is 0.235 e. The Morgan fingerprint density at radius 1 is 0.642 bits per heavy atom. The highest BCUT2D eigenvalue weighted by molar-refractivity contribution is 6.11. The Morgan fingerprint density at radius 3 is 2.13 bits per heavy atom. The summed E-state index contributed by atoms with van der Waals surface area (Å²) in [7, 11) is 0. The van der Waals surface area contributed by atoms with Gasteiger partial charge < -0.3 is 4.57 Å². The van der Waals surface area contributed by atoms with Crippen LogP contribution in [-0.2, 0) is 12.8 Å². The van der Waals surface area contributed by atoms with Crippen molar-refractivity contribution in [3.63, 3.8) is 0 Å². The van der Waals surface area contributed by atoms with Gasteiger partial charge >= 0.3 is 0 Å². The van der Waals surface area contributed by atoms with Gasteiger partial charge in [0.25, 0.3) is 0 Å². The van der Waals surface area contributed by atoms with Crippen LogP contribution in [0, 0.1) is 0 Å². The molecule has 0 radical (unpaired) electrons. The highest BCUT2D eigenvalue weighted by atomic mass is 15.2. The van der Waals surface area contributed by atoms with Crippen LogP contribution in [0.5, 0.6) is 0 Å². The Bertz CT molecular complexity index is 2720. The van der Waals surface area contributed by atoms with Crippen molar-refractivity contribution in [3.05, 3.63) is 169 Å². The fourth-order valence-corrected chi connectivity index (χ4v) is 7.99. The zero-order chi connectivity index (χ0) is 36.3. The monoisotopic (exact) mass is 688 g/mol. The van der Waals surface area contributed by atoms with E-state index in [-0.39, 0.29) is 0 Å². The first-order chi connectivity index (χ1) is 26.2. The molecule has 4 nitrogen and oxygen atoms in total. The maximum Gasteiger partial charge on any atom is 0.235 e. The van der Waals surface area contributed by atoms with E-state index >= 15 is 0 Å². The van der Waals surface area contributed by atoms with E-state index in [1.54, 1.807) is 6.08 Å². The second-order valence-corrected chi connectivity index (χ2v) is 13.2. The van der Waals surface area contributed by atoms with E-state index < -0.39 is 0 Å². The second kappa shape index (κ2) is 14.8. The molecule has 0 aliphatic heterocycles. The van der Waals surface area contributed by atoms with Gasteiger partial charge in [0.1, 0.15) is 0 Å². The lowest BCUT2D eigenvalue weighted by molar-refractivity contribution is 0.928. The minimum Gasteiger partial charge on any atom is -0.309 e. The van der Waals surface area contributed by atoms with Gasteiger partial charge in [0.05, 0.1) is 33.5 Å². The molecule has 10 rings (SSSR count). The lowest BCUT2D eigenvalue weighted by Gasteiger charge is -2.14. The first kappa shape index (κ1) is 33.9. The van der Waals surface area contributed by atoms with Gasteiger partial charge in [0, 0.05) is 32.8 Å². The van der Waals surface area contributed by atoms with E-state index in [0.29, 0.717) is 0 Å². The molecule has 0 fully saturated rings. The SMILES string of the molecule is C1=Cc2ccc3c(c2CC1)c1c(n3-c2nc(-c3ccc4c(c3)c3ccccc3n4-c3ccccc3)c3ccccc3n2)C=CCC1.C=C/C=C\C.CC. The summed E-state index contributed by atoms with van der Waals surface area (Å²) in [4.78, 5) is 10.7. The lowest BCUT2D eigenvalue weighted by atomic mass is 9.90. The topological polar surface area (TPSA) is 35.6 Å². The van der Waals surface area contributed by atoms with Gasteiger partial charge in [-0.1, -0.05) is 124 Å². The number of fused-ring (bicyclic) bond motifs is 9. The Kier molecular flexibility index (Phi) is 9.43. The molecule has 0 atom stereocenters. The Morgan fingerprint density at radius 2 is 1.34 bits per heavy atom. The quantitative estimate of drug-likeness (QED) is 0.173. The predicted octanol–water partition coefficient (Wildman–Crippen LogP) is 13.0. The number of aromatic nitrogens is 4. The number of aryl methyl sites for hydroxylation is 2. The summed E-state index contributed by atoms with van der Waals surface area (Å²) >= 11 is 0. The third-order valence-corrected chi connectivity index (χ3v) is 10.2. The van der Waals surface area contributed by atoms with Gasteiger partial charge in [-0.15, -0.1) is 0 Å². The third kappa shape index (κ3) is 5.90. The molecule has 0 amide bonds. The average molecular weight is 689 g/mol. The van der Waals surface area contributed by atoms with Crippen LogP contribution in [0.15, 0.2) is 146 Å². The van der Waals surface area contributed by atoms with Crippen LogP contribution in [0.3, 0.4) is 0 Å². The molecule has 0 N–H and O–H groups in total. The number of rotatable bonds is 4. The van der Waals surface area contributed by atoms with Gasteiger partial charge in [-0.3, -0.25) is 4.57 Å². The predicted molar refractivity (Wildman–Crippen MR) is 227 cm³/mol. The van der Waals surface area contributed by atoms with Crippen molar-refractivity contribution in [2.75, 3.05) is 0 Å². The zero-order valence-electron chi connectivity index (χ0n) is 30.8. The third-order valence-electron chi connectivity index (χ3n) is 10.2. The number of hydrogen-bond donors (Lipinski definition) is 0. The minimum atomic E-state index is 0.726. The number of allylic oxidation sites excluding steroid dienone is 5. The highest BCUT2D eigenvalue weighted by Gasteiger charge is 2.25. The van der Waals surface area contributed by atoms with Crippen LogP contribution in [0.25, 0.3) is 78.7 Å². The van der Waals surface area contributed by atoms with Gasteiger partial charge in [-0.25, -0.2) is 9.97 Å². The van der Waals surface area contributed by atoms with E-state index in [0.717, 1.165) is 59.5 Å². The number of nitrogens with zero attached hydrogens (tertiary/aromatic N) is 4. The molecule has 8 aromatic rings. The first-order valence-corrected chi connectivity index (χ1v) is 18.9. The lowest BCUT2D eigenvalue weighted by Crippen LogP contribution is -2.06. The van der Waals surface area contributed by atoms with E-state index in [4.69, 9.17) is 9.97 Å². The Hall–Kier alpha value is -6.26. The fourth-order valence-electron chi connectivity index (χ4n) is 7.99. The van der Waals surface area contributed by atoms with Crippen molar-refractivity contribution in [1.82, 2.24) is 19.1 Å². The van der Waals surface area contributed by atoms with E-state index in [2.05, 4.69) is 149 Å². The highest BCUT2D eigenvalue weighted by Crippen LogP contribution is 2.40. The maximum absolute atomic E-state index is 5.43. The number of hydrogen-bond acceptors (Lipinski definition) is 2. The van der Waals surface area contributed by atoms with Crippen molar-refractivity contribution in [3.8, 4) is 22.9 Å². The molecular weight excluding hydrogens is 645 g/mol. The van der Waals surface area contributed by atoms with Crippen molar-refractivity contribution in [2.45, 2.75) is 46.5 Å². The molecule has 3 heterocycles. The largest absolute Gasteiger partial charge is 0.309 e. The van der Waals surface area contributed by atoms with Crippen molar-refractivity contribution < 1.29 is 0 Å². The van der Waals surface area contributed by atoms with E-state index in [1.165, 1.54) is 55.1 Å². The second-order valence-electron chi connectivity index (χ2n) is 13.2. The fraction of sp³-hybridized carbons (Fsp3) is 0.143. The van der Waals surface area contributed by atoms with Crippen LogP contribution in [0.1, 0.15) is 56.0 Å². The number of benzene rings is 5. The molecule has 3 aromatic heterocycles. The molecular formula is C49H44N4. The van der Waals surface area contributed by atoms with Crippen LogP contribution in [0.4, 0.5) is 0 Å². The molecule has 4 heteroatoms. The molecule has 0 unspecified atom stereocenters. The van der Waals surface area contributed by atoms with Crippen molar-refractivity contribution in [1.29, 1.82) is 0 Å². The van der Waals surface area contributed by atoms with E-state index in [9.17, 15) is 0 Å². The molecule has 260 valence electrons. The summed E-state index contributed by atoms with van der Waals surface area (Å²) in [5, 5.41) is 4.90.